The molecule has 3 aromatic rings. The Bertz CT molecular complexity index is 1560. The molecule has 6 nitrogen and oxygen atoms in total. The van der Waals surface area contributed by atoms with Gasteiger partial charge in [0.05, 0.1) is 12.7 Å². The second-order valence-corrected chi connectivity index (χ2v) is 11.0. The van der Waals surface area contributed by atoms with Gasteiger partial charge in [-0.3, -0.25) is 9.59 Å². The lowest BCUT2D eigenvalue weighted by molar-refractivity contribution is 0.0591. The summed E-state index contributed by atoms with van der Waals surface area (Å²) >= 11 is 0. The minimum atomic E-state index is -1.12. The van der Waals surface area contributed by atoms with Crippen LogP contribution in [0.25, 0.3) is 11.6 Å². The van der Waals surface area contributed by atoms with E-state index < -0.39 is 42.5 Å². The Morgan fingerprint density at radius 3 is 2.39 bits per heavy atom. The third-order valence-corrected chi connectivity index (χ3v) is 8.69. The number of carbonyl (C=O) groups is 2. The Labute approximate surface area is 238 Å². The third kappa shape index (κ3) is 5.08. The molecule has 0 aromatic heterocycles. The van der Waals surface area contributed by atoms with Crippen LogP contribution >= 0.6 is 0 Å². The lowest BCUT2D eigenvalue weighted by Crippen LogP contribution is -2.51. The van der Waals surface area contributed by atoms with E-state index in [1.165, 1.54) is 12.1 Å². The summed E-state index contributed by atoms with van der Waals surface area (Å²) in [6.45, 7) is -0.262. The van der Waals surface area contributed by atoms with Gasteiger partial charge in [0.15, 0.2) is 23.1 Å². The predicted molar refractivity (Wildman–Crippen MR) is 154 cm³/mol. The molecule has 6 rings (SSSR count). The van der Waals surface area contributed by atoms with Crippen molar-refractivity contribution >= 4 is 30.3 Å². The molecule has 0 spiro atoms. The maximum atomic E-state index is 14.1. The molecule has 0 saturated carbocycles. The van der Waals surface area contributed by atoms with Gasteiger partial charge < -0.3 is 19.9 Å². The van der Waals surface area contributed by atoms with Gasteiger partial charge in [0.2, 0.25) is 0 Å². The van der Waals surface area contributed by atoms with Crippen molar-refractivity contribution in [2.45, 2.75) is 31.7 Å². The number of halogens is 1. The summed E-state index contributed by atoms with van der Waals surface area (Å²) < 4.78 is 20.1. The maximum Gasteiger partial charge on any atom is 0.455 e. The van der Waals surface area contributed by atoms with Crippen LogP contribution in [0.4, 0.5) is 4.39 Å². The first-order valence-corrected chi connectivity index (χ1v) is 13.9. The lowest BCUT2D eigenvalue weighted by Gasteiger charge is -2.47. The number of aliphatic hydroxyl groups is 1. The molecule has 1 fully saturated rings. The van der Waals surface area contributed by atoms with Gasteiger partial charge in [0, 0.05) is 23.0 Å². The van der Waals surface area contributed by atoms with Crippen molar-refractivity contribution in [2.75, 3.05) is 6.61 Å². The van der Waals surface area contributed by atoms with Crippen molar-refractivity contribution in [3.63, 3.8) is 0 Å². The monoisotopic (exact) mass is 552 g/mol. The molecule has 3 aromatic carbocycles. The lowest BCUT2D eigenvalue weighted by atomic mass is 9.54. The molecule has 208 valence electrons. The van der Waals surface area contributed by atoms with Crippen LogP contribution in [0.15, 0.2) is 83.9 Å². The average Bonchev–Trinajstić information content (AvgIpc) is 2.99. The number of Topliss-reactive ketones (excluding diaryl/α,β-unsaturated/α-hetero) is 2. The number of fused-ring (bicyclic) bond motifs is 4. The van der Waals surface area contributed by atoms with Crippen LogP contribution < -0.4 is 0 Å². The molecule has 41 heavy (non-hydrogen) atoms. The molecule has 1 heterocycles. The first kappa shape index (κ1) is 27.3. The molecule has 8 heteroatoms. The van der Waals surface area contributed by atoms with Gasteiger partial charge in [-0.1, -0.05) is 66.7 Å². The molecule has 3 N–H and O–H groups in total. The van der Waals surface area contributed by atoms with Crippen LogP contribution in [0.3, 0.4) is 0 Å². The van der Waals surface area contributed by atoms with Crippen LogP contribution in [0, 0.1) is 23.6 Å². The zero-order valence-electron chi connectivity index (χ0n) is 22.4. The number of aliphatic hydroxyl groups excluding tert-OH is 1. The number of hydrogen-bond acceptors (Lipinski definition) is 6. The van der Waals surface area contributed by atoms with Crippen LogP contribution in [0.1, 0.15) is 51.1 Å². The fraction of sp³-hybridized carbons (Fsp3) is 0.273. The van der Waals surface area contributed by atoms with Crippen LogP contribution in [0.2, 0.25) is 6.32 Å². The first-order valence-electron chi connectivity index (χ1n) is 13.9. The van der Waals surface area contributed by atoms with E-state index in [1.54, 1.807) is 30.3 Å². The van der Waals surface area contributed by atoms with Crippen molar-refractivity contribution in [3.8, 4) is 5.75 Å². The Balaban J connectivity index is 1.34. The topological polar surface area (TPSA) is 104 Å². The van der Waals surface area contributed by atoms with Crippen LogP contribution in [-0.4, -0.2) is 46.6 Å². The largest absolute Gasteiger partial charge is 0.505 e. The van der Waals surface area contributed by atoms with Gasteiger partial charge in [0.25, 0.3) is 0 Å². The number of phenols is 1. The summed E-state index contributed by atoms with van der Waals surface area (Å²) in [6, 6.07) is 20.7. The quantitative estimate of drug-likeness (QED) is 0.216. The van der Waals surface area contributed by atoms with Gasteiger partial charge in [-0.2, -0.15) is 0 Å². The summed E-state index contributed by atoms with van der Waals surface area (Å²) in [5.41, 5.74) is 4.75. The second-order valence-electron chi connectivity index (χ2n) is 11.0. The van der Waals surface area contributed by atoms with Crippen molar-refractivity contribution in [1.82, 2.24) is 0 Å². The number of phenolic OH excluding ortho intramolecular Hbond substituents is 1. The van der Waals surface area contributed by atoms with Gasteiger partial charge >= 0.3 is 7.12 Å². The van der Waals surface area contributed by atoms with Crippen molar-refractivity contribution in [1.29, 1.82) is 0 Å². The number of hydrogen-bond donors (Lipinski definition) is 3. The highest BCUT2D eigenvalue weighted by Crippen LogP contribution is 2.51. The first-order chi connectivity index (χ1) is 19.9. The molecule has 2 aliphatic carbocycles. The van der Waals surface area contributed by atoms with Crippen LogP contribution in [-0.2, 0) is 4.65 Å². The van der Waals surface area contributed by atoms with E-state index in [0.29, 0.717) is 35.1 Å². The number of ketones is 2. The molecular formula is C33H30BFO6. The Morgan fingerprint density at radius 1 is 0.976 bits per heavy atom. The zero-order chi connectivity index (χ0) is 28.7. The van der Waals surface area contributed by atoms with Gasteiger partial charge in [-0.25, -0.2) is 4.39 Å². The molecule has 1 aliphatic heterocycles. The summed E-state index contributed by atoms with van der Waals surface area (Å²) in [5, 5.41) is 30.8. The number of aromatic hydroxyl groups is 1. The molecule has 4 atom stereocenters. The van der Waals surface area contributed by atoms with E-state index in [-0.39, 0.29) is 30.9 Å². The summed E-state index contributed by atoms with van der Waals surface area (Å²) in [6.07, 6.45) is 2.65. The van der Waals surface area contributed by atoms with Crippen molar-refractivity contribution in [2.24, 2.45) is 17.8 Å². The summed E-state index contributed by atoms with van der Waals surface area (Å²) in [5.74, 6) is -2.95. The number of carbonyl (C=O) groups excluding carboxylic acids is 2. The standard InChI is InChI=1S/C33H30BFO6/c35-27-15-19(10-12-28(27)37)14-21(20-6-2-1-3-7-20)11-13-29-30-22(18-36)16-25-31(26(30)17-34(40)41-29)33(39)24-9-5-4-8-23(24)32(25)38/h1-10,12,14-15,25-26,29,31,36-37,40H,11,13,16-18H2/b21-14-/t25-,26+,29-,31-/m1/s1. The van der Waals surface area contributed by atoms with Crippen molar-refractivity contribution in [3.05, 3.63) is 112 Å². The van der Waals surface area contributed by atoms with E-state index in [1.807, 2.05) is 36.4 Å². The summed E-state index contributed by atoms with van der Waals surface area (Å²) in [4.78, 5) is 27.2. The van der Waals surface area contributed by atoms with E-state index in [9.17, 15) is 29.2 Å². The molecule has 3 aliphatic rings. The van der Waals surface area contributed by atoms with E-state index >= 15 is 0 Å². The van der Waals surface area contributed by atoms with Gasteiger partial charge in [-0.05, 0) is 71.5 Å². The SMILES string of the molecule is O=C1c2ccccc2C(=O)[C@@H]2CC(CO)=C3[C@@H](CC/C(=C/c4ccc(O)c(F)c4)c4ccccc4)OB(O)C[C@@H]3[C@H]12. The molecule has 0 amide bonds. The van der Waals surface area contributed by atoms with Gasteiger partial charge in [0.1, 0.15) is 0 Å². The second kappa shape index (κ2) is 11.2. The Hall–Kier alpha value is -3.85. The highest BCUT2D eigenvalue weighted by atomic mass is 19.1. The van der Waals surface area contributed by atoms with E-state index in [4.69, 9.17) is 4.65 Å². The average molecular weight is 552 g/mol. The fourth-order valence-electron chi connectivity index (χ4n) is 6.87. The smallest absolute Gasteiger partial charge is 0.455 e. The Kier molecular flexibility index (Phi) is 7.47. The zero-order valence-corrected chi connectivity index (χ0v) is 22.4. The molecular weight excluding hydrogens is 522 g/mol. The predicted octanol–water partition coefficient (Wildman–Crippen LogP) is 5.35. The van der Waals surface area contributed by atoms with E-state index in [2.05, 4.69) is 0 Å². The van der Waals surface area contributed by atoms with E-state index in [0.717, 1.165) is 16.7 Å². The Morgan fingerprint density at radius 2 is 1.68 bits per heavy atom. The number of benzene rings is 3. The minimum Gasteiger partial charge on any atom is -0.505 e. The highest BCUT2D eigenvalue weighted by Gasteiger charge is 2.53. The fourth-order valence-corrected chi connectivity index (χ4v) is 6.87. The molecule has 0 radical (unpaired) electrons. The van der Waals surface area contributed by atoms with Crippen LogP contribution in [0.5, 0.6) is 5.75 Å². The molecule has 0 bridgehead atoms. The highest BCUT2D eigenvalue weighted by molar-refractivity contribution is 6.43. The number of allylic oxidation sites excluding steroid dienone is 1. The normalized spacial score (nSPS) is 24.2. The van der Waals surface area contributed by atoms with Gasteiger partial charge in [-0.15, -0.1) is 0 Å². The molecule has 0 unspecified atom stereocenters. The summed E-state index contributed by atoms with van der Waals surface area (Å²) in [7, 11) is -1.12. The molecule has 1 saturated heterocycles. The third-order valence-electron chi connectivity index (χ3n) is 8.69. The van der Waals surface area contributed by atoms with Crippen molar-refractivity contribution < 1.29 is 33.9 Å². The maximum absolute atomic E-state index is 14.1. The number of rotatable bonds is 6. The minimum absolute atomic E-state index is 0.0943.